The molecule has 2 N–H and O–H groups in total. The Morgan fingerprint density at radius 2 is 1.90 bits per heavy atom. The first-order valence-corrected chi connectivity index (χ1v) is 10.5. The summed E-state index contributed by atoms with van der Waals surface area (Å²) in [6, 6.07) is 14.3. The smallest absolute Gasteiger partial charge is 0.231 e. The molecule has 1 fully saturated rings. The highest BCUT2D eigenvalue weighted by atomic mass is 127. The number of benzene rings is 2. The van der Waals surface area contributed by atoms with Crippen molar-refractivity contribution in [2.75, 3.05) is 19.9 Å². The maximum Gasteiger partial charge on any atom is 0.231 e. The van der Waals surface area contributed by atoms with Crippen LogP contribution in [0.2, 0.25) is 0 Å². The normalized spacial score (nSPS) is 15.1. The Kier molecular flexibility index (Phi) is 8.39. The predicted molar refractivity (Wildman–Crippen MR) is 131 cm³/mol. The van der Waals surface area contributed by atoms with E-state index in [4.69, 9.17) is 14.5 Å². The zero-order valence-electron chi connectivity index (χ0n) is 17.7. The van der Waals surface area contributed by atoms with E-state index in [2.05, 4.69) is 28.8 Å². The third-order valence-corrected chi connectivity index (χ3v) is 5.20. The van der Waals surface area contributed by atoms with Gasteiger partial charge in [0.25, 0.3) is 0 Å². The van der Waals surface area contributed by atoms with Crippen LogP contribution in [0.3, 0.4) is 0 Å². The number of hydrogen-bond donors (Lipinski definition) is 2. The summed E-state index contributed by atoms with van der Waals surface area (Å²) < 4.78 is 10.8. The van der Waals surface area contributed by atoms with E-state index in [0.29, 0.717) is 26.1 Å². The lowest BCUT2D eigenvalue weighted by Gasteiger charge is -2.16. The molecule has 2 aliphatic rings. The molecule has 0 aromatic heterocycles. The van der Waals surface area contributed by atoms with Crippen LogP contribution in [0.5, 0.6) is 11.5 Å². The first kappa shape index (κ1) is 23.2. The lowest BCUT2D eigenvalue weighted by atomic mass is 10.1. The molecule has 31 heavy (non-hydrogen) atoms. The summed E-state index contributed by atoms with van der Waals surface area (Å²) in [6.45, 7) is 5.85. The largest absolute Gasteiger partial charge is 0.454 e. The molecule has 4 rings (SSSR count). The lowest BCUT2D eigenvalue weighted by Crippen LogP contribution is -2.36. The van der Waals surface area contributed by atoms with Crippen molar-refractivity contribution in [3.63, 3.8) is 0 Å². The molecule has 2 aromatic rings. The fourth-order valence-electron chi connectivity index (χ4n) is 3.67. The molecule has 2 heterocycles. The van der Waals surface area contributed by atoms with Crippen molar-refractivity contribution in [1.82, 2.24) is 15.5 Å². The number of guanidine groups is 1. The van der Waals surface area contributed by atoms with Gasteiger partial charge in [0.15, 0.2) is 17.5 Å². The molecule has 0 spiro atoms. The van der Waals surface area contributed by atoms with Crippen LogP contribution in [0.25, 0.3) is 0 Å². The topological polar surface area (TPSA) is 75.2 Å². The summed E-state index contributed by atoms with van der Waals surface area (Å²) in [5.74, 6) is 2.58. The maximum atomic E-state index is 11.9. The van der Waals surface area contributed by atoms with Crippen molar-refractivity contribution in [2.24, 2.45) is 4.99 Å². The molecule has 2 aliphatic heterocycles. The molecular weight excluding hydrogens is 507 g/mol. The van der Waals surface area contributed by atoms with E-state index in [-0.39, 0.29) is 36.7 Å². The standard InChI is InChI=1S/C23H28N4O3.HI/c1-2-24-23(26-14-18-8-9-20-21(12-18)30-16-29-20)25-13-17-5-3-6-19(11-17)15-27-10-4-7-22(27)28;/h3,5-6,8-9,11-12H,2,4,7,10,13-16H2,1H3,(H2,24,25,26);1H. The zero-order valence-corrected chi connectivity index (χ0v) is 20.1. The Labute approximate surface area is 200 Å². The minimum atomic E-state index is 0. The van der Waals surface area contributed by atoms with Gasteiger partial charge in [-0.25, -0.2) is 4.99 Å². The Hall–Kier alpha value is -2.49. The summed E-state index contributed by atoms with van der Waals surface area (Å²) in [4.78, 5) is 18.5. The molecule has 1 amide bonds. The Morgan fingerprint density at radius 3 is 2.71 bits per heavy atom. The van der Waals surface area contributed by atoms with Gasteiger partial charge in [0.2, 0.25) is 12.7 Å². The SMILES string of the molecule is CCNC(=NCc1cccc(CN2CCCC2=O)c1)NCc1ccc2c(c1)OCO2.I. The summed E-state index contributed by atoms with van der Waals surface area (Å²) in [5, 5.41) is 6.65. The second kappa shape index (κ2) is 11.2. The summed E-state index contributed by atoms with van der Waals surface area (Å²) in [6.07, 6.45) is 1.63. The van der Waals surface area contributed by atoms with Crippen LogP contribution in [-0.2, 0) is 24.4 Å². The summed E-state index contributed by atoms with van der Waals surface area (Å²) in [5.41, 5.74) is 3.37. The quantitative estimate of drug-likeness (QED) is 0.323. The van der Waals surface area contributed by atoms with E-state index in [1.807, 2.05) is 36.1 Å². The number of amides is 1. The van der Waals surface area contributed by atoms with Crippen molar-refractivity contribution in [3.8, 4) is 11.5 Å². The summed E-state index contributed by atoms with van der Waals surface area (Å²) in [7, 11) is 0. The number of hydrogen-bond acceptors (Lipinski definition) is 4. The highest BCUT2D eigenvalue weighted by molar-refractivity contribution is 14.0. The van der Waals surface area contributed by atoms with E-state index in [0.717, 1.165) is 53.7 Å². The van der Waals surface area contributed by atoms with E-state index in [9.17, 15) is 4.79 Å². The van der Waals surface area contributed by atoms with E-state index < -0.39 is 0 Å². The van der Waals surface area contributed by atoms with Gasteiger partial charge in [-0.2, -0.15) is 0 Å². The van der Waals surface area contributed by atoms with Crippen LogP contribution in [0.1, 0.15) is 36.5 Å². The molecule has 166 valence electrons. The van der Waals surface area contributed by atoms with Gasteiger partial charge in [-0.05, 0) is 42.2 Å². The molecule has 7 nitrogen and oxygen atoms in total. The fraction of sp³-hybridized carbons (Fsp3) is 0.391. The van der Waals surface area contributed by atoms with Crippen LogP contribution >= 0.6 is 24.0 Å². The number of rotatable bonds is 7. The highest BCUT2D eigenvalue weighted by Crippen LogP contribution is 2.32. The third-order valence-electron chi connectivity index (χ3n) is 5.20. The Morgan fingerprint density at radius 1 is 1.06 bits per heavy atom. The Bertz CT molecular complexity index is 935. The molecular formula is C23H29IN4O3. The Balaban J connectivity index is 0.00000272. The van der Waals surface area contributed by atoms with Gasteiger partial charge >= 0.3 is 0 Å². The van der Waals surface area contributed by atoms with Crippen molar-refractivity contribution < 1.29 is 14.3 Å². The number of carbonyl (C=O) groups is 1. The van der Waals surface area contributed by atoms with E-state index in [1.54, 1.807) is 0 Å². The van der Waals surface area contributed by atoms with Gasteiger partial charge < -0.3 is 25.0 Å². The predicted octanol–water partition coefficient (Wildman–Crippen LogP) is 3.41. The van der Waals surface area contributed by atoms with E-state index in [1.165, 1.54) is 0 Å². The lowest BCUT2D eigenvalue weighted by molar-refractivity contribution is -0.128. The van der Waals surface area contributed by atoms with Crippen LogP contribution in [0.15, 0.2) is 47.5 Å². The fourth-order valence-corrected chi connectivity index (χ4v) is 3.67. The van der Waals surface area contributed by atoms with Crippen molar-refractivity contribution in [3.05, 3.63) is 59.2 Å². The molecule has 1 saturated heterocycles. The molecule has 0 bridgehead atoms. The number of halogens is 1. The van der Waals surface area contributed by atoms with Gasteiger partial charge in [0.05, 0.1) is 6.54 Å². The number of likely N-dealkylation sites (tertiary alicyclic amines) is 1. The van der Waals surface area contributed by atoms with Gasteiger partial charge in [-0.1, -0.05) is 30.3 Å². The number of nitrogens with one attached hydrogen (secondary N) is 2. The minimum absolute atomic E-state index is 0. The zero-order chi connectivity index (χ0) is 20.8. The van der Waals surface area contributed by atoms with Crippen molar-refractivity contribution >= 4 is 35.8 Å². The second-order valence-corrected chi connectivity index (χ2v) is 7.48. The monoisotopic (exact) mass is 536 g/mol. The molecule has 0 unspecified atom stereocenters. The van der Waals surface area contributed by atoms with Crippen LogP contribution < -0.4 is 20.1 Å². The van der Waals surface area contributed by atoms with Gasteiger partial charge in [0, 0.05) is 32.6 Å². The number of ether oxygens (including phenoxy) is 2. The maximum absolute atomic E-state index is 11.9. The second-order valence-electron chi connectivity index (χ2n) is 7.48. The van der Waals surface area contributed by atoms with Gasteiger partial charge in [0.1, 0.15) is 0 Å². The highest BCUT2D eigenvalue weighted by Gasteiger charge is 2.20. The number of nitrogens with zero attached hydrogens (tertiary/aromatic N) is 2. The van der Waals surface area contributed by atoms with Crippen molar-refractivity contribution in [2.45, 2.75) is 39.4 Å². The third kappa shape index (κ3) is 6.25. The first-order chi connectivity index (χ1) is 14.7. The molecule has 0 radical (unpaired) electrons. The average molecular weight is 536 g/mol. The van der Waals surface area contributed by atoms with Crippen LogP contribution in [0.4, 0.5) is 0 Å². The first-order valence-electron chi connectivity index (χ1n) is 10.5. The van der Waals surface area contributed by atoms with E-state index >= 15 is 0 Å². The minimum Gasteiger partial charge on any atom is -0.454 e. The van der Waals surface area contributed by atoms with Crippen LogP contribution in [0, 0.1) is 0 Å². The average Bonchev–Trinajstić information content (AvgIpc) is 3.39. The molecule has 0 saturated carbocycles. The number of fused-ring (bicyclic) bond motifs is 1. The van der Waals surface area contributed by atoms with Crippen molar-refractivity contribution in [1.29, 1.82) is 0 Å². The summed E-state index contributed by atoms with van der Waals surface area (Å²) >= 11 is 0. The molecule has 2 aromatic carbocycles. The van der Waals surface area contributed by atoms with Gasteiger partial charge in [-0.15, -0.1) is 24.0 Å². The molecule has 0 aliphatic carbocycles. The van der Waals surface area contributed by atoms with Crippen LogP contribution in [-0.4, -0.2) is 36.6 Å². The molecule has 8 heteroatoms. The van der Waals surface area contributed by atoms with Gasteiger partial charge in [-0.3, -0.25) is 4.79 Å². The number of carbonyl (C=O) groups excluding carboxylic acids is 1. The molecule has 0 atom stereocenters. The number of aliphatic imine (C=N–C) groups is 1.